The fraction of sp³-hybridized carbons (Fsp3) is 0.571. The number of aryl methyl sites for hydroxylation is 2. The molecule has 0 saturated carbocycles. The van der Waals surface area contributed by atoms with Crippen molar-refractivity contribution < 1.29 is 9.84 Å². The van der Waals surface area contributed by atoms with Gasteiger partial charge < -0.3 is 9.84 Å². The lowest BCUT2D eigenvalue weighted by molar-refractivity contribution is 0.173. The van der Waals surface area contributed by atoms with Gasteiger partial charge in [-0.25, -0.2) is 0 Å². The van der Waals surface area contributed by atoms with Gasteiger partial charge in [-0.3, -0.25) is 0 Å². The molecule has 90 valence electrons. The molecule has 16 heavy (non-hydrogen) atoms. The van der Waals surface area contributed by atoms with Crippen LogP contribution in [0.15, 0.2) is 12.1 Å². The Hall–Kier alpha value is -1.02. The van der Waals surface area contributed by atoms with Crippen molar-refractivity contribution in [3.63, 3.8) is 0 Å². The van der Waals surface area contributed by atoms with Gasteiger partial charge >= 0.3 is 0 Å². The minimum absolute atomic E-state index is 0.0577. The highest BCUT2D eigenvalue weighted by molar-refractivity contribution is 5.46. The van der Waals surface area contributed by atoms with E-state index in [0.717, 1.165) is 23.1 Å². The average molecular weight is 222 g/mol. The first-order valence-electron chi connectivity index (χ1n) is 5.68. The molecule has 0 saturated heterocycles. The number of benzene rings is 1. The fourth-order valence-corrected chi connectivity index (χ4v) is 2.31. The lowest BCUT2D eigenvalue weighted by atomic mass is 9.78. The zero-order chi connectivity index (χ0) is 12.3. The van der Waals surface area contributed by atoms with E-state index in [1.165, 1.54) is 0 Å². The summed E-state index contributed by atoms with van der Waals surface area (Å²) in [4.78, 5) is 0. The molecule has 2 heteroatoms. The molecule has 0 radical (unpaired) electrons. The summed E-state index contributed by atoms with van der Waals surface area (Å²) in [7, 11) is 1.71. The summed E-state index contributed by atoms with van der Waals surface area (Å²) in [6.45, 7) is 9.04. The van der Waals surface area contributed by atoms with Crippen molar-refractivity contribution in [2.75, 3.05) is 13.7 Å². The Kier molecular flexibility index (Phi) is 3.98. The number of aromatic hydroxyl groups is 1. The molecule has 0 spiro atoms. The third-order valence-corrected chi connectivity index (χ3v) is 3.07. The van der Waals surface area contributed by atoms with Crippen molar-refractivity contribution in [3.8, 4) is 5.75 Å². The molecule has 0 heterocycles. The molecule has 0 aliphatic heterocycles. The second-order valence-corrected chi connectivity index (χ2v) is 5.10. The van der Waals surface area contributed by atoms with Crippen LogP contribution >= 0.6 is 0 Å². The maximum Gasteiger partial charge on any atom is 0.119 e. The average Bonchev–Trinajstić information content (AvgIpc) is 2.12. The summed E-state index contributed by atoms with van der Waals surface area (Å²) in [6, 6.07) is 3.94. The number of rotatable bonds is 4. The Morgan fingerprint density at radius 1 is 1.25 bits per heavy atom. The molecule has 0 amide bonds. The van der Waals surface area contributed by atoms with E-state index in [1.807, 2.05) is 13.0 Å². The van der Waals surface area contributed by atoms with Crippen LogP contribution in [0.4, 0.5) is 0 Å². The second-order valence-electron chi connectivity index (χ2n) is 5.10. The first kappa shape index (κ1) is 13.0. The van der Waals surface area contributed by atoms with Crippen LogP contribution in [0.3, 0.4) is 0 Å². The smallest absolute Gasteiger partial charge is 0.119 e. The van der Waals surface area contributed by atoms with E-state index >= 15 is 0 Å². The highest BCUT2D eigenvalue weighted by Crippen LogP contribution is 2.36. The van der Waals surface area contributed by atoms with E-state index < -0.39 is 0 Å². The quantitative estimate of drug-likeness (QED) is 0.846. The predicted octanol–water partition coefficient (Wildman–Crippen LogP) is 3.32. The predicted molar refractivity (Wildman–Crippen MR) is 67.1 cm³/mol. The van der Waals surface area contributed by atoms with Gasteiger partial charge in [0.1, 0.15) is 5.75 Å². The number of methoxy groups -OCH3 is 1. The normalized spacial score (nSPS) is 11.8. The van der Waals surface area contributed by atoms with Crippen molar-refractivity contribution in [1.29, 1.82) is 0 Å². The monoisotopic (exact) mass is 222 g/mol. The van der Waals surface area contributed by atoms with E-state index in [-0.39, 0.29) is 5.41 Å². The Labute approximate surface area is 98.3 Å². The Bertz CT molecular complexity index is 344. The summed E-state index contributed by atoms with van der Waals surface area (Å²) >= 11 is 0. The van der Waals surface area contributed by atoms with Gasteiger partial charge in [0.05, 0.1) is 0 Å². The van der Waals surface area contributed by atoms with Crippen LogP contribution in [0, 0.1) is 13.8 Å². The van der Waals surface area contributed by atoms with Gasteiger partial charge in [-0.15, -0.1) is 0 Å². The molecule has 0 fully saturated rings. The minimum atomic E-state index is -0.0577. The van der Waals surface area contributed by atoms with Gasteiger partial charge in [0.2, 0.25) is 0 Å². The summed E-state index contributed by atoms with van der Waals surface area (Å²) in [5.74, 6) is 0.401. The maximum atomic E-state index is 10.1. The van der Waals surface area contributed by atoms with Gasteiger partial charge in [-0.1, -0.05) is 19.9 Å². The summed E-state index contributed by atoms with van der Waals surface area (Å²) < 4.78 is 5.12. The molecule has 0 aliphatic carbocycles. The van der Waals surface area contributed by atoms with Crippen LogP contribution in [-0.2, 0) is 10.2 Å². The number of ether oxygens (including phenoxy) is 1. The number of hydrogen-bond donors (Lipinski definition) is 1. The molecule has 0 atom stereocenters. The van der Waals surface area contributed by atoms with E-state index in [1.54, 1.807) is 7.11 Å². The van der Waals surface area contributed by atoms with Crippen LogP contribution in [-0.4, -0.2) is 18.8 Å². The Morgan fingerprint density at radius 3 is 2.38 bits per heavy atom. The van der Waals surface area contributed by atoms with E-state index in [4.69, 9.17) is 4.74 Å². The summed E-state index contributed by atoms with van der Waals surface area (Å²) in [5, 5.41) is 10.1. The molecule has 0 aliphatic rings. The zero-order valence-corrected chi connectivity index (χ0v) is 10.9. The van der Waals surface area contributed by atoms with Crippen LogP contribution in [0.5, 0.6) is 5.75 Å². The molecule has 0 bridgehead atoms. The zero-order valence-electron chi connectivity index (χ0n) is 10.9. The van der Waals surface area contributed by atoms with Gasteiger partial charge in [0.15, 0.2) is 0 Å². The largest absolute Gasteiger partial charge is 0.508 e. The Balaban J connectivity index is 3.11. The molecule has 1 aromatic carbocycles. The lowest BCUT2D eigenvalue weighted by Crippen LogP contribution is -2.21. The number of phenols is 1. The van der Waals surface area contributed by atoms with Crippen LogP contribution < -0.4 is 0 Å². The maximum absolute atomic E-state index is 10.1. The SMILES string of the molecule is COCCC(C)(C)c1c(C)cc(C)cc1O. The first-order valence-corrected chi connectivity index (χ1v) is 5.68. The van der Waals surface area contributed by atoms with E-state index in [2.05, 4.69) is 26.8 Å². The van der Waals surface area contributed by atoms with Crippen LogP contribution in [0.25, 0.3) is 0 Å². The minimum Gasteiger partial charge on any atom is -0.508 e. The van der Waals surface area contributed by atoms with Crippen LogP contribution in [0.1, 0.15) is 37.0 Å². The molecule has 1 aromatic rings. The first-order chi connectivity index (χ1) is 7.38. The fourth-order valence-electron chi connectivity index (χ4n) is 2.31. The molecular formula is C14H22O2. The van der Waals surface area contributed by atoms with Gasteiger partial charge in [0.25, 0.3) is 0 Å². The molecule has 0 unspecified atom stereocenters. The molecule has 1 N–H and O–H groups in total. The summed E-state index contributed by atoms with van der Waals surface area (Å²) in [5.41, 5.74) is 3.23. The number of phenolic OH excluding ortho intramolecular Hbond substituents is 1. The van der Waals surface area contributed by atoms with E-state index in [9.17, 15) is 5.11 Å². The lowest BCUT2D eigenvalue weighted by Gasteiger charge is -2.28. The highest BCUT2D eigenvalue weighted by Gasteiger charge is 2.25. The molecule has 2 nitrogen and oxygen atoms in total. The molecular weight excluding hydrogens is 200 g/mol. The van der Waals surface area contributed by atoms with Crippen molar-refractivity contribution in [2.24, 2.45) is 0 Å². The third kappa shape index (κ3) is 2.76. The van der Waals surface area contributed by atoms with Crippen molar-refractivity contribution in [3.05, 3.63) is 28.8 Å². The van der Waals surface area contributed by atoms with Gasteiger partial charge in [-0.05, 0) is 42.9 Å². The van der Waals surface area contributed by atoms with Gasteiger partial charge in [-0.2, -0.15) is 0 Å². The second kappa shape index (κ2) is 4.88. The molecule has 0 aromatic heterocycles. The summed E-state index contributed by atoms with van der Waals surface area (Å²) in [6.07, 6.45) is 0.904. The van der Waals surface area contributed by atoms with Crippen LogP contribution in [0.2, 0.25) is 0 Å². The van der Waals surface area contributed by atoms with Crippen molar-refractivity contribution in [1.82, 2.24) is 0 Å². The molecule has 1 rings (SSSR count). The number of hydrogen-bond acceptors (Lipinski definition) is 2. The highest BCUT2D eigenvalue weighted by atomic mass is 16.5. The third-order valence-electron chi connectivity index (χ3n) is 3.07. The Morgan fingerprint density at radius 2 is 1.88 bits per heavy atom. The van der Waals surface area contributed by atoms with Crippen molar-refractivity contribution in [2.45, 2.75) is 39.5 Å². The topological polar surface area (TPSA) is 29.5 Å². The van der Waals surface area contributed by atoms with Crippen molar-refractivity contribution >= 4 is 0 Å². The van der Waals surface area contributed by atoms with E-state index in [0.29, 0.717) is 12.4 Å². The standard InChI is InChI=1S/C14H22O2/c1-10-8-11(2)13(12(15)9-10)14(3,4)6-7-16-5/h8-9,15H,6-7H2,1-5H3. The van der Waals surface area contributed by atoms with Gasteiger partial charge in [0, 0.05) is 19.3 Å².